The molecule has 0 amide bonds. The quantitative estimate of drug-likeness (QED) is 0.493. The molecule has 5 heteroatoms. The summed E-state index contributed by atoms with van der Waals surface area (Å²) < 4.78 is 5.36. The lowest BCUT2D eigenvalue weighted by atomic mass is 9.72. The van der Waals surface area contributed by atoms with E-state index in [0.29, 0.717) is 18.9 Å². The van der Waals surface area contributed by atoms with Crippen LogP contribution in [0.3, 0.4) is 0 Å². The molecule has 3 rings (SSSR count). The van der Waals surface area contributed by atoms with Gasteiger partial charge in [-0.15, -0.1) is 12.4 Å². The number of hydrogen-bond acceptors (Lipinski definition) is 4. The Morgan fingerprint density at radius 2 is 2.00 bits per heavy atom. The van der Waals surface area contributed by atoms with Crippen LogP contribution < -0.4 is 10.2 Å². The summed E-state index contributed by atoms with van der Waals surface area (Å²) in [4.78, 5) is 15.1. The van der Waals surface area contributed by atoms with Crippen LogP contribution in [0.2, 0.25) is 0 Å². The van der Waals surface area contributed by atoms with Crippen LogP contribution in [0.1, 0.15) is 29.0 Å². The number of benzene rings is 2. The molecule has 2 unspecified atom stereocenters. The van der Waals surface area contributed by atoms with Crippen molar-refractivity contribution in [2.75, 3.05) is 13.7 Å². The van der Waals surface area contributed by atoms with Crippen molar-refractivity contribution in [2.45, 2.75) is 18.8 Å². The van der Waals surface area contributed by atoms with Crippen molar-refractivity contribution in [3.05, 3.63) is 65.2 Å². The largest absolute Gasteiger partial charge is 0.497 e. The van der Waals surface area contributed by atoms with Crippen LogP contribution in [0.25, 0.3) is 0 Å². The molecule has 0 radical (unpaired) electrons. The first-order valence-electron chi connectivity index (χ1n) is 7.87. The molecule has 2 aromatic rings. The zero-order chi connectivity index (χ0) is 16.1. The van der Waals surface area contributed by atoms with Gasteiger partial charge in [0.1, 0.15) is 5.75 Å². The molecular weight excluding hydrogens is 326 g/mol. The van der Waals surface area contributed by atoms with Crippen LogP contribution in [0, 0.1) is 5.92 Å². The molecule has 24 heavy (non-hydrogen) atoms. The minimum absolute atomic E-state index is 0. The maximum Gasteiger partial charge on any atom is 0.312 e. The van der Waals surface area contributed by atoms with Gasteiger partial charge in [-0.05, 0) is 47.6 Å². The van der Waals surface area contributed by atoms with Gasteiger partial charge in [0.15, 0.2) is 0 Å². The van der Waals surface area contributed by atoms with E-state index in [2.05, 4.69) is 41.9 Å². The summed E-state index contributed by atoms with van der Waals surface area (Å²) in [5, 5.41) is 0. The second-order valence-corrected chi connectivity index (χ2v) is 5.81. The van der Waals surface area contributed by atoms with Crippen LogP contribution in [0.5, 0.6) is 5.75 Å². The number of nitrogens with one attached hydrogen (secondary N) is 1. The number of carbonyl (C=O) groups excluding carboxylic acids is 1. The van der Waals surface area contributed by atoms with Crippen molar-refractivity contribution >= 4 is 18.9 Å². The van der Waals surface area contributed by atoms with Crippen molar-refractivity contribution in [1.29, 1.82) is 0 Å². The monoisotopic (exact) mass is 347 g/mol. The summed E-state index contributed by atoms with van der Waals surface area (Å²) in [5.74, 6) is 1.56. The van der Waals surface area contributed by atoms with Crippen molar-refractivity contribution in [1.82, 2.24) is 5.48 Å². The molecule has 0 fully saturated rings. The average Bonchev–Trinajstić information content (AvgIpc) is 2.62. The highest BCUT2D eigenvalue weighted by molar-refractivity contribution is 5.85. The van der Waals surface area contributed by atoms with Crippen molar-refractivity contribution in [3.8, 4) is 5.75 Å². The number of halogens is 1. The van der Waals surface area contributed by atoms with Gasteiger partial charge in [-0.2, -0.15) is 5.48 Å². The van der Waals surface area contributed by atoms with E-state index in [9.17, 15) is 4.79 Å². The Bertz CT molecular complexity index is 663. The fourth-order valence-electron chi connectivity index (χ4n) is 3.51. The summed E-state index contributed by atoms with van der Waals surface area (Å²) >= 11 is 0. The van der Waals surface area contributed by atoms with Crippen LogP contribution >= 0.6 is 12.4 Å². The molecule has 1 aliphatic carbocycles. The van der Waals surface area contributed by atoms with E-state index in [4.69, 9.17) is 9.57 Å². The highest BCUT2D eigenvalue weighted by Crippen LogP contribution is 2.41. The molecular formula is C19H22ClNO3. The van der Waals surface area contributed by atoms with Gasteiger partial charge < -0.3 is 9.57 Å². The van der Waals surface area contributed by atoms with Gasteiger partial charge in [0.05, 0.1) is 7.11 Å². The Morgan fingerprint density at radius 3 is 2.71 bits per heavy atom. The zero-order valence-electron chi connectivity index (χ0n) is 13.6. The third-order valence-corrected chi connectivity index (χ3v) is 4.58. The van der Waals surface area contributed by atoms with Crippen molar-refractivity contribution < 1.29 is 14.4 Å². The van der Waals surface area contributed by atoms with E-state index in [0.717, 1.165) is 18.6 Å². The molecule has 0 heterocycles. The fraction of sp³-hybridized carbons (Fsp3) is 0.316. The molecule has 1 N–H and O–H groups in total. The minimum atomic E-state index is 0. The number of hydroxylamine groups is 1. The van der Waals surface area contributed by atoms with E-state index in [1.165, 1.54) is 16.7 Å². The minimum Gasteiger partial charge on any atom is -0.497 e. The van der Waals surface area contributed by atoms with Gasteiger partial charge >= 0.3 is 6.47 Å². The van der Waals surface area contributed by atoms with Crippen LogP contribution in [0.15, 0.2) is 48.5 Å². The summed E-state index contributed by atoms with van der Waals surface area (Å²) in [6.07, 6.45) is 2.04. The molecule has 0 aromatic heterocycles. The van der Waals surface area contributed by atoms with E-state index in [1.807, 2.05) is 12.1 Å². The predicted molar refractivity (Wildman–Crippen MR) is 95.5 cm³/mol. The smallest absolute Gasteiger partial charge is 0.312 e. The van der Waals surface area contributed by atoms with Gasteiger partial charge in [0.25, 0.3) is 0 Å². The lowest BCUT2D eigenvalue weighted by molar-refractivity contribution is -0.135. The average molecular weight is 348 g/mol. The first kappa shape index (κ1) is 18.3. The highest BCUT2D eigenvalue weighted by atomic mass is 35.5. The molecule has 2 aromatic carbocycles. The highest BCUT2D eigenvalue weighted by Gasteiger charge is 2.31. The molecule has 2 atom stereocenters. The van der Waals surface area contributed by atoms with Crippen LogP contribution in [-0.4, -0.2) is 20.1 Å². The topological polar surface area (TPSA) is 47.6 Å². The predicted octanol–water partition coefficient (Wildman–Crippen LogP) is 3.49. The Labute approximate surface area is 148 Å². The lowest BCUT2D eigenvalue weighted by Crippen LogP contribution is -2.31. The summed E-state index contributed by atoms with van der Waals surface area (Å²) in [7, 11) is 1.70. The second kappa shape index (κ2) is 8.71. The second-order valence-electron chi connectivity index (χ2n) is 5.81. The third kappa shape index (κ3) is 3.89. The van der Waals surface area contributed by atoms with Crippen LogP contribution in [0.4, 0.5) is 0 Å². The van der Waals surface area contributed by atoms with Gasteiger partial charge in [0.2, 0.25) is 0 Å². The Balaban J connectivity index is 0.00000208. The first-order valence-corrected chi connectivity index (χ1v) is 7.87. The summed E-state index contributed by atoms with van der Waals surface area (Å²) in [6.45, 7) is 1.07. The zero-order valence-corrected chi connectivity index (χ0v) is 14.4. The molecule has 4 nitrogen and oxygen atoms in total. The molecule has 0 spiro atoms. The van der Waals surface area contributed by atoms with Gasteiger partial charge in [-0.1, -0.05) is 36.4 Å². The maximum atomic E-state index is 10.4. The van der Waals surface area contributed by atoms with Gasteiger partial charge in [-0.3, -0.25) is 4.79 Å². The molecule has 0 aliphatic heterocycles. The van der Waals surface area contributed by atoms with E-state index in [-0.39, 0.29) is 18.3 Å². The number of methoxy groups -OCH3 is 1. The number of carbonyl (C=O) groups is 1. The number of hydrogen-bond donors (Lipinski definition) is 1. The normalized spacial score (nSPS) is 18.9. The molecule has 0 bridgehead atoms. The van der Waals surface area contributed by atoms with Gasteiger partial charge in [0, 0.05) is 12.5 Å². The van der Waals surface area contributed by atoms with Crippen molar-refractivity contribution in [3.63, 3.8) is 0 Å². The SMILES string of the molecule is COc1ccc2c(c1)CCC(CNOC=O)C2c1ccccc1.Cl. The Kier molecular flexibility index (Phi) is 6.64. The van der Waals surface area contributed by atoms with Gasteiger partial charge in [-0.25, -0.2) is 0 Å². The van der Waals surface area contributed by atoms with E-state index >= 15 is 0 Å². The number of fused-ring (bicyclic) bond motifs is 1. The fourth-order valence-corrected chi connectivity index (χ4v) is 3.51. The number of aryl methyl sites for hydroxylation is 1. The summed E-state index contributed by atoms with van der Waals surface area (Å²) in [6, 6.07) is 16.8. The Hall–Kier alpha value is -2.04. The standard InChI is InChI=1S/C19H21NO3.ClH/c1-22-17-9-10-18-15(11-17)7-8-16(12-20-23-13-21)19(18)14-5-3-2-4-6-14;/h2-6,9-11,13,16,19-20H,7-8,12H2,1H3;1H. The van der Waals surface area contributed by atoms with E-state index < -0.39 is 0 Å². The van der Waals surface area contributed by atoms with Crippen molar-refractivity contribution in [2.24, 2.45) is 5.92 Å². The Morgan fingerprint density at radius 1 is 1.21 bits per heavy atom. The number of rotatable bonds is 6. The maximum absolute atomic E-state index is 10.4. The number of ether oxygens (including phenoxy) is 1. The van der Waals surface area contributed by atoms with Crippen LogP contribution in [-0.2, 0) is 16.1 Å². The third-order valence-electron chi connectivity index (χ3n) is 4.58. The molecule has 0 saturated carbocycles. The molecule has 128 valence electrons. The van der Waals surface area contributed by atoms with E-state index in [1.54, 1.807) is 7.11 Å². The first-order chi connectivity index (χ1) is 11.3. The molecule has 1 aliphatic rings. The lowest BCUT2D eigenvalue weighted by Gasteiger charge is -2.34. The summed E-state index contributed by atoms with van der Waals surface area (Å²) in [5.41, 5.74) is 6.73. The molecule has 0 saturated heterocycles.